The maximum Gasteiger partial charge on any atom is 0.197 e. The monoisotopic (exact) mass is 368 g/mol. The third-order valence-corrected chi connectivity index (χ3v) is 5.80. The van der Waals surface area contributed by atoms with Gasteiger partial charge in [0.25, 0.3) is 0 Å². The molecule has 0 aliphatic heterocycles. The Bertz CT molecular complexity index is 1040. The van der Waals surface area contributed by atoms with Crippen LogP contribution < -0.4 is 0 Å². The van der Waals surface area contributed by atoms with Crippen molar-refractivity contribution < 1.29 is 0 Å². The minimum absolute atomic E-state index is 0.770. The normalized spacial score (nSPS) is 11.3. The van der Waals surface area contributed by atoms with E-state index in [1.807, 2.05) is 19.1 Å². The minimum atomic E-state index is 0.770. The summed E-state index contributed by atoms with van der Waals surface area (Å²) < 4.78 is 2.09. The van der Waals surface area contributed by atoms with Crippen molar-refractivity contribution in [3.05, 3.63) is 41.3 Å². The third kappa shape index (κ3) is 2.91. The smallest absolute Gasteiger partial charge is 0.197 e. The standard InChI is InChI=1S/C17H16N6S2/c1-4-23-14(12-6-5-7-18-8-12)21-22-17(23)25-16-13-10(2)9-24-15(13)19-11(3)20-16/h5-9H,4H2,1-3H3. The van der Waals surface area contributed by atoms with Crippen molar-refractivity contribution in [3.63, 3.8) is 0 Å². The van der Waals surface area contributed by atoms with Crippen LogP contribution in [0.1, 0.15) is 18.3 Å². The molecule has 8 heteroatoms. The van der Waals surface area contributed by atoms with Crippen molar-refractivity contribution in [1.29, 1.82) is 0 Å². The van der Waals surface area contributed by atoms with E-state index in [1.165, 1.54) is 5.56 Å². The summed E-state index contributed by atoms with van der Waals surface area (Å²) in [6.07, 6.45) is 3.56. The van der Waals surface area contributed by atoms with Gasteiger partial charge in [0.15, 0.2) is 11.0 Å². The van der Waals surface area contributed by atoms with Crippen LogP contribution in [0.15, 0.2) is 40.1 Å². The summed E-state index contributed by atoms with van der Waals surface area (Å²) in [7, 11) is 0. The van der Waals surface area contributed by atoms with Gasteiger partial charge in [-0.1, -0.05) is 0 Å². The Balaban J connectivity index is 1.80. The number of pyridine rings is 1. The molecule has 0 amide bonds. The van der Waals surface area contributed by atoms with E-state index in [9.17, 15) is 0 Å². The first-order valence-corrected chi connectivity index (χ1v) is 9.61. The molecule has 4 rings (SSSR count). The number of aromatic nitrogens is 6. The van der Waals surface area contributed by atoms with Crippen LogP contribution in [0, 0.1) is 13.8 Å². The number of hydrogen-bond donors (Lipinski definition) is 0. The van der Waals surface area contributed by atoms with Gasteiger partial charge in [0, 0.05) is 29.9 Å². The molecule has 0 radical (unpaired) electrons. The lowest BCUT2D eigenvalue weighted by Crippen LogP contribution is -2.00. The summed E-state index contributed by atoms with van der Waals surface area (Å²) in [5.41, 5.74) is 2.15. The summed E-state index contributed by atoms with van der Waals surface area (Å²) in [6, 6.07) is 3.90. The Kier molecular flexibility index (Phi) is 4.22. The van der Waals surface area contributed by atoms with Crippen LogP contribution in [0.25, 0.3) is 21.6 Å². The number of nitrogens with zero attached hydrogens (tertiary/aromatic N) is 6. The third-order valence-electron chi connectivity index (χ3n) is 3.84. The molecule has 0 atom stereocenters. The second-order valence-corrected chi connectivity index (χ2v) is 7.38. The minimum Gasteiger partial charge on any atom is -0.302 e. The fourth-order valence-corrected chi connectivity index (χ4v) is 4.82. The first-order valence-electron chi connectivity index (χ1n) is 7.91. The summed E-state index contributed by atoms with van der Waals surface area (Å²) in [6.45, 7) is 6.87. The van der Waals surface area contributed by atoms with Crippen LogP contribution in [0.4, 0.5) is 0 Å². The van der Waals surface area contributed by atoms with Gasteiger partial charge in [0.05, 0.1) is 0 Å². The first-order chi connectivity index (χ1) is 12.2. The summed E-state index contributed by atoms with van der Waals surface area (Å²) in [5, 5.41) is 13.8. The van der Waals surface area contributed by atoms with Crippen molar-refractivity contribution in [1.82, 2.24) is 29.7 Å². The van der Waals surface area contributed by atoms with Gasteiger partial charge in [-0.3, -0.25) is 4.98 Å². The van der Waals surface area contributed by atoms with Crippen molar-refractivity contribution in [2.45, 2.75) is 37.5 Å². The van der Waals surface area contributed by atoms with Gasteiger partial charge in [-0.25, -0.2) is 9.97 Å². The highest BCUT2D eigenvalue weighted by molar-refractivity contribution is 7.99. The Labute approximate surface area is 153 Å². The molecule has 6 nitrogen and oxygen atoms in total. The van der Waals surface area contributed by atoms with Crippen LogP contribution in [0.5, 0.6) is 0 Å². The van der Waals surface area contributed by atoms with E-state index in [0.29, 0.717) is 0 Å². The van der Waals surface area contributed by atoms with Crippen molar-refractivity contribution in [2.24, 2.45) is 0 Å². The molecule has 4 aromatic rings. The molecule has 0 unspecified atom stereocenters. The van der Waals surface area contributed by atoms with Crippen molar-refractivity contribution in [3.8, 4) is 11.4 Å². The SMILES string of the molecule is CCn1c(Sc2nc(C)nc3scc(C)c23)nnc1-c1cccnc1. The van der Waals surface area contributed by atoms with Gasteiger partial charge in [0.1, 0.15) is 15.7 Å². The van der Waals surface area contributed by atoms with Crippen molar-refractivity contribution >= 4 is 33.3 Å². The van der Waals surface area contributed by atoms with E-state index < -0.39 is 0 Å². The van der Waals surface area contributed by atoms with Crippen LogP contribution >= 0.6 is 23.1 Å². The summed E-state index contributed by atoms with van der Waals surface area (Å²) in [5.74, 6) is 1.59. The lowest BCUT2D eigenvalue weighted by atomic mass is 10.3. The molecule has 0 N–H and O–H groups in total. The van der Waals surface area contributed by atoms with E-state index in [1.54, 1.807) is 35.5 Å². The molecule has 4 aromatic heterocycles. The molecule has 0 saturated carbocycles. The molecule has 126 valence electrons. The predicted molar refractivity (Wildman–Crippen MR) is 99.9 cm³/mol. The Morgan fingerprint density at radius 3 is 2.84 bits per heavy atom. The van der Waals surface area contributed by atoms with Crippen LogP contribution in [-0.4, -0.2) is 29.7 Å². The Morgan fingerprint density at radius 2 is 2.08 bits per heavy atom. The largest absolute Gasteiger partial charge is 0.302 e. The molecule has 0 fully saturated rings. The van der Waals surface area contributed by atoms with Gasteiger partial charge >= 0.3 is 0 Å². The zero-order valence-electron chi connectivity index (χ0n) is 14.1. The molecule has 4 heterocycles. The van der Waals surface area contributed by atoms with Crippen LogP contribution in [0.3, 0.4) is 0 Å². The molecule has 0 aliphatic rings. The number of rotatable bonds is 4. The van der Waals surface area contributed by atoms with E-state index >= 15 is 0 Å². The number of fused-ring (bicyclic) bond motifs is 1. The van der Waals surface area contributed by atoms with Gasteiger partial charge in [-0.2, -0.15) is 0 Å². The maximum absolute atomic E-state index is 4.65. The predicted octanol–water partition coefficient (Wildman–Crippen LogP) is 4.13. The molecule has 0 spiro atoms. The lowest BCUT2D eigenvalue weighted by molar-refractivity contribution is 0.686. The molecule has 25 heavy (non-hydrogen) atoms. The molecule has 0 aromatic carbocycles. The zero-order chi connectivity index (χ0) is 17.4. The first kappa shape index (κ1) is 16.2. The zero-order valence-corrected chi connectivity index (χ0v) is 15.7. The van der Waals surface area contributed by atoms with E-state index in [2.05, 4.69) is 48.9 Å². The second kappa shape index (κ2) is 6.53. The summed E-state index contributed by atoms with van der Waals surface area (Å²) >= 11 is 3.19. The van der Waals surface area contributed by atoms with Gasteiger partial charge in [0.2, 0.25) is 0 Å². The lowest BCUT2D eigenvalue weighted by Gasteiger charge is -2.08. The van der Waals surface area contributed by atoms with Gasteiger partial charge in [-0.15, -0.1) is 21.5 Å². The number of thiophene rings is 1. The maximum atomic E-state index is 4.65. The van der Waals surface area contributed by atoms with Crippen LogP contribution in [-0.2, 0) is 6.54 Å². The molecule has 0 saturated heterocycles. The van der Waals surface area contributed by atoms with Crippen molar-refractivity contribution in [2.75, 3.05) is 0 Å². The summed E-state index contributed by atoms with van der Waals surface area (Å²) in [4.78, 5) is 14.4. The highest BCUT2D eigenvalue weighted by atomic mass is 32.2. The quantitative estimate of drug-likeness (QED) is 0.504. The average molecular weight is 368 g/mol. The number of aryl methyl sites for hydroxylation is 2. The second-order valence-electron chi connectivity index (χ2n) is 5.57. The van der Waals surface area contributed by atoms with E-state index in [4.69, 9.17) is 0 Å². The Hall–Kier alpha value is -2.32. The topological polar surface area (TPSA) is 69.4 Å². The molecular weight excluding hydrogens is 352 g/mol. The average Bonchev–Trinajstić information content (AvgIpc) is 3.19. The molecule has 0 aliphatic carbocycles. The Morgan fingerprint density at radius 1 is 1.20 bits per heavy atom. The van der Waals surface area contributed by atoms with Gasteiger partial charge in [-0.05, 0) is 55.6 Å². The van der Waals surface area contributed by atoms with E-state index in [-0.39, 0.29) is 0 Å². The molecular formula is C17H16N6S2. The van der Waals surface area contributed by atoms with Crippen LogP contribution in [0.2, 0.25) is 0 Å². The number of hydrogen-bond acceptors (Lipinski definition) is 7. The highest BCUT2D eigenvalue weighted by Crippen LogP contribution is 2.36. The van der Waals surface area contributed by atoms with E-state index in [0.717, 1.165) is 44.2 Å². The fraction of sp³-hybridized carbons (Fsp3) is 0.235. The molecule has 0 bridgehead atoms. The fourth-order valence-electron chi connectivity index (χ4n) is 2.67. The van der Waals surface area contributed by atoms with Gasteiger partial charge < -0.3 is 4.57 Å². The highest BCUT2D eigenvalue weighted by Gasteiger charge is 2.18.